The van der Waals surface area contributed by atoms with Crippen LogP contribution in [-0.2, 0) is 0 Å². The van der Waals surface area contributed by atoms with Gasteiger partial charge in [-0.05, 0) is 29.3 Å². The summed E-state index contributed by atoms with van der Waals surface area (Å²) in [6, 6.07) is 6.60. The number of tetrazole rings is 1. The molecule has 0 spiro atoms. The van der Waals surface area contributed by atoms with E-state index in [1.165, 1.54) is 31.4 Å². The maximum Gasteiger partial charge on any atom is 0.273 e. The van der Waals surface area contributed by atoms with E-state index in [0.29, 0.717) is 24.2 Å². The molecule has 1 aliphatic carbocycles. The minimum absolute atomic E-state index is 0.0291. The molecule has 1 aliphatic rings. The molecule has 0 N–H and O–H groups in total. The highest BCUT2D eigenvalue weighted by Gasteiger charge is 2.20. The standard InChI is InChI=1S/C15H19N5O3S/c21-20(22)13-7-4-8-14(11-13)23-9-10-24-15-16-17-18-19(15)12-5-2-1-3-6-12/h4,7-8,11-12H,1-3,5-6,9-10H2. The van der Waals surface area contributed by atoms with Gasteiger partial charge in [0.1, 0.15) is 5.75 Å². The fourth-order valence-electron chi connectivity index (χ4n) is 2.81. The van der Waals surface area contributed by atoms with Gasteiger partial charge in [-0.1, -0.05) is 37.1 Å². The highest BCUT2D eigenvalue weighted by Crippen LogP contribution is 2.30. The van der Waals surface area contributed by atoms with Gasteiger partial charge in [0.2, 0.25) is 5.16 Å². The number of nitrogens with zero attached hydrogens (tertiary/aromatic N) is 5. The molecule has 24 heavy (non-hydrogen) atoms. The summed E-state index contributed by atoms with van der Waals surface area (Å²) >= 11 is 1.55. The molecule has 8 nitrogen and oxygen atoms in total. The first kappa shape index (κ1) is 16.7. The number of benzene rings is 1. The minimum atomic E-state index is -0.431. The van der Waals surface area contributed by atoms with Crippen molar-refractivity contribution in [3.05, 3.63) is 34.4 Å². The summed E-state index contributed by atoms with van der Waals surface area (Å²) in [6.45, 7) is 0.434. The van der Waals surface area contributed by atoms with Crippen LogP contribution < -0.4 is 4.74 Å². The molecule has 0 amide bonds. The van der Waals surface area contributed by atoms with Gasteiger partial charge < -0.3 is 4.74 Å². The molecule has 128 valence electrons. The van der Waals surface area contributed by atoms with Crippen molar-refractivity contribution < 1.29 is 9.66 Å². The highest BCUT2D eigenvalue weighted by atomic mass is 32.2. The van der Waals surface area contributed by atoms with Crippen molar-refractivity contribution in [3.8, 4) is 5.75 Å². The Morgan fingerprint density at radius 2 is 2.17 bits per heavy atom. The molecule has 0 unspecified atom stereocenters. The summed E-state index contributed by atoms with van der Waals surface area (Å²) in [7, 11) is 0. The first-order valence-electron chi connectivity index (χ1n) is 8.02. The van der Waals surface area contributed by atoms with Crippen LogP contribution in [0.15, 0.2) is 29.4 Å². The average Bonchev–Trinajstić information content (AvgIpc) is 3.08. The van der Waals surface area contributed by atoms with Crippen LogP contribution in [0.4, 0.5) is 5.69 Å². The Morgan fingerprint density at radius 1 is 1.33 bits per heavy atom. The van der Waals surface area contributed by atoms with E-state index < -0.39 is 4.92 Å². The van der Waals surface area contributed by atoms with Crippen LogP contribution in [0.5, 0.6) is 5.75 Å². The Balaban J connectivity index is 1.49. The summed E-state index contributed by atoms with van der Waals surface area (Å²) < 4.78 is 7.51. The third kappa shape index (κ3) is 4.22. The SMILES string of the molecule is O=[N+]([O-])c1cccc(OCCSc2nnnn2C2CCCCC2)c1. The molecule has 9 heteroatoms. The number of nitro benzene ring substituents is 1. The smallest absolute Gasteiger partial charge is 0.273 e. The highest BCUT2D eigenvalue weighted by molar-refractivity contribution is 7.99. The molecule has 0 saturated heterocycles. The molecule has 1 aromatic carbocycles. The fourth-order valence-corrected chi connectivity index (χ4v) is 3.58. The molecule has 0 bridgehead atoms. The molecule has 0 atom stereocenters. The number of aromatic nitrogens is 4. The lowest BCUT2D eigenvalue weighted by molar-refractivity contribution is -0.384. The molecule has 3 rings (SSSR count). The first-order valence-corrected chi connectivity index (χ1v) is 9.00. The molecule has 2 aromatic rings. The van der Waals surface area contributed by atoms with Gasteiger partial charge in [-0.15, -0.1) is 5.10 Å². The Hall–Kier alpha value is -2.16. The van der Waals surface area contributed by atoms with Crippen LogP contribution in [0.1, 0.15) is 38.1 Å². The van der Waals surface area contributed by atoms with Gasteiger partial charge in [-0.25, -0.2) is 4.68 Å². The zero-order valence-electron chi connectivity index (χ0n) is 13.2. The Labute approximate surface area is 143 Å². The Morgan fingerprint density at radius 3 is 2.96 bits per heavy atom. The number of ether oxygens (including phenoxy) is 1. The van der Waals surface area contributed by atoms with Gasteiger partial charge in [0.05, 0.1) is 23.6 Å². The van der Waals surface area contributed by atoms with Crippen molar-refractivity contribution in [2.24, 2.45) is 0 Å². The quantitative estimate of drug-likeness (QED) is 0.327. The van der Waals surface area contributed by atoms with E-state index in [1.807, 2.05) is 4.68 Å². The van der Waals surface area contributed by atoms with E-state index >= 15 is 0 Å². The molecule has 0 aliphatic heterocycles. The van der Waals surface area contributed by atoms with Gasteiger partial charge >= 0.3 is 0 Å². The molecule has 1 saturated carbocycles. The third-order valence-corrected chi connectivity index (χ3v) is 4.89. The van der Waals surface area contributed by atoms with E-state index in [9.17, 15) is 10.1 Å². The van der Waals surface area contributed by atoms with Crippen molar-refractivity contribution >= 4 is 17.4 Å². The summed E-state index contributed by atoms with van der Waals surface area (Å²) in [5, 5.41) is 23.6. The van der Waals surface area contributed by atoms with Crippen LogP contribution in [0.2, 0.25) is 0 Å². The summed E-state index contributed by atoms with van der Waals surface area (Å²) in [4.78, 5) is 10.3. The fraction of sp³-hybridized carbons (Fsp3) is 0.533. The predicted molar refractivity (Wildman–Crippen MR) is 89.3 cm³/mol. The predicted octanol–water partition coefficient (Wildman–Crippen LogP) is 3.26. The summed E-state index contributed by atoms with van der Waals surface area (Å²) in [5.41, 5.74) is 0.0291. The maximum atomic E-state index is 10.7. The molecular formula is C15H19N5O3S. The zero-order valence-corrected chi connectivity index (χ0v) is 14.0. The van der Waals surface area contributed by atoms with Crippen molar-refractivity contribution in [2.45, 2.75) is 43.3 Å². The van der Waals surface area contributed by atoms with Crippen LogP contribution in [0.25, 0.3) is 0 Å². The van der Waals surface area contributed by atoms with Crippen LogP contribution in [-0.4, -0.2) is 37.5 Å². The summed E-state index contributed by atoms with van der Waals surface area (Å²) in [6.07, 6.45) is 6.00. The molecule has 1 aromatic heterocycles. The number of nitro groups is 1. The monoisotopic (exact) mass is 349 g/mol. The molecule has 1 fully saturated rings. The Kier molecular flexibility index (Phi) is 5.63. The van der Waals surface area contributed by atoms with Gasteiger partial charge in [0, 0.05) is 11.8 Å². The Bertz CT molecular complexity index is 687. The van der Waals surface area contributed by atoms with Crippen LogP contribution >= 0.6 is 11.8 Å². The number of thioether (sulfide) groups is 1. The average molecular weight is 349 g/mol. The van der Waals surface area contributed by atoms with Crippen molar-refractivity contribution in [2.75, 3.05) is 12.4 Å². The molecule has 0 radical (unpaired) electrons. The van der Waals surface area contributed by atoms with E-state index in [0.717, 1.165) is 18.0 Å². The second-order valence-electron chi connectivity index (χ2n) is 5.65. The number of hydrogen-bond acceptors (Lipinski definition) is 7. The van der Waals surface area contributed by atoms with Gasteiger partial charge in [0.25, 0.3) is 5.69 Å². The number of rotatable bonds is 7. The number of hydrogen-bond donors (Lipinski definition) is 0. The first-order chi connectivity index (χ1) is 11.7. The van der Waals surface area contributed by atoms with Gasteiger partial charge in [-0.2, -0.15) is 0 Å². The largest absolute Gasteiger partial charge is 0.492 e. The zero-order chi connectivity index (χ0) is 16.8. The number of non-ortho nitro benzene ring substituents is 1. The van der Waals surface area contributed by atoms with Crippen LogP contribution in [0.3, 0.4) is 0 Å². The van der Waals surface area contributed by atoms with E-state index in [1.54, 1.807) is 23.9 Å². The van der Waals surface area contributed by atoms with Crippen molar-refractivity contribution in [1.82, 2.24) is 20.2 Å². The van der Waals surface area contributed by atoms with Gasteiger partial charge in [0.15, 0.2) is 0 Å². The second kappa shape index (κ2) is 8.09. The van der Waals surface area contributed by atoms with Crippen molar-refractivity contribution in [1.29, 1.82) is 0 Å². The molecular weight excluding hydrogens is 330 g/mol. The van der Waals surface area contributed by atoms with Crippen molar-refractivity contribution in [3.63, 3.8) is 0 Å². The van der Waals surface area contributed by atoms with E-state index in [2.05, 4.69) is 15.5 Å². The second-order valence-corrected chi connectivity index (χ2v) is 6.71. The van der Waals surface area contributed by atoms with E-state index in [-0.39, 0.29) is 5.69 Å². The van der Waals surface area contributed by atoms with E-state index in [4.69, 9.17) is 4.74 Å². The molecule has 1 heterocycles. The van der Waals surface area contributed by atoms with Crippen LogP contribution in [0, 0.1) is 10.1 Å². The minimum Gasteiger partial charge on any atom is -0.492 e. The third-order valence-electron chi connectivity index (χ3n) is 3.99. The summed E-state index contributed by atoms with van der Waals surface area (Å²) in [5.74, 6) is 1.17. The lowest BCUT2D eigenvalue weighted by Crippen LogP contribution is -2.15. The lowest BCUT2D eigenvalue weighted by Gasteiger charge is -2.21. The lowest BCUT2D eigenvalue weighted by atomic mass is 9.96. The normalized spacial score (nSPS) is 15.3. The topological polar surface area (TPSA) is 96.0 Å². The van der Waals surface area contributed by atoms with Gasteiger partial charge in [-0.3, -0.25) is 10.1 Å². The maximum absolute atomic E-state index is 10.7.